The first kappa shape index (κ1) is 21.6. The maximum Gasteiger partial charge on any atom is 0.379 e. The van der Waals surface area contributed by atoms with Crippen molar-refractivity contribution in [3.8, 4) is 5.75 Å². The van der Waals surface area contributed by atoms with E-state index in [2.05, 4.69) is 55.6 Å². The Hall–Kier alpha value is -3.67. The van der Waals surface area contributed by atoms with Gasteiger partial charge in [0.05, 0.1) is 12.5 Å². The summed E-state index contributed by atoms with van der Waals surface area (Å²) in [5, 5.41) is 4.06. The number of hydrogen-bond donors (Lipinski definition) is 1. The van der Waals surface area contributed by atoms with Gasteiger partial charge in [-0.2, -0.15) is 5.10 Å². The molecular weight excluding hydrogens is 404 g/mol. The number of ether oxygens (including phenoxy) is 1. The van der Waals surface area contributed by atoms with E-state index in [4.69, 9.17) is 9.15 Å². The summed E-state index contributed by atoms with van der Waals surface area (Å²) in [5.74, 6) is 0.108. The molecule has 0 radical (unpaired) electrons. The van der Waals surface area contributed by atoms with Crippen LogP contribution in [0.4, 0.5) is 0 Å². The molecule has 3 aromatic rings. The molecule has 0 spiro atoms. The molecule has 32 heavy (non-hydrogen) atoms. The molecule has 6 nitrogen and oxygen atoms in total. The Bertz CT molecular complexity index is 1110. The molecule has 1 saturated carbocycles. The smallest absolute Gasteiger partial charge is 0.379 e. The van der Waals surface area contributed by atoms with Gasteiger partial charge in [-0.25, -0.2) is 10.2 Å². The highest BCUT2D eigenvalue weighted by Gasteiger charge is 2.44. The van der Waals surface area contributed by atoms with Crippen molar-refractivity contribution in [2.45, 2.75) is 38.5 Å². The molecule has 4 rings (SSSR count). The van der Waals surface area contributed by atoms with E-state index in [-0.39, 0.29) is 28.9 Å². The zero-order chi connectivity index (χ0) is 22.7. The van der Waals surface area contributed by atoms with Crippen molar-refractivity contribution in [2.75, 3.05) is 0 Å². The number of carbonyl (C=O) groups excluding carboxylic acids is 2. The molecule has 1 amide bonds. The van der Waals surface area contributed by atoms with E-state index in [1.807, 2.05) is 0 Å². The first-order valence-corrected chi connectivity index (χ1v) is 10.6. The number of esters is 1. The van der Waals surface area contributed by atoms with Crippen molar-refractivity contribution >= 4 is 18.1 Å². The zero-order valence-electron chi connectivity index (χ0n) is 18.4. The van der Waals surface area contributed by atoms with Gasteiger partial charge in [-0.05, 0) is 70.8 Å². The van der Waals surface area contributed by atoms with Gasteiger partial charge in [0.2, 0.25) is 11.7 Å². The topological polar surface area (TPSA) is 80.9 Å². The van der Waals surface area contributed by atoms with Crippen LogP contribution in [0.5, 0.6) is 5.75 Å². The second kappa shape index (κ2) is 8.83. The van der Waals surface area contributed by atoms with Crippen LogP contribution in [0.15, 0.2) is 76.4 Å². The van der Waals surface area contributed by atoms with Crippen molar-refractivity contribution in [3.05, 3.63) is 89.4 Å². The lowest BCUT2D eigenvalue weighted by Crippen LogP contribution is -2.20. The van der Waals surface area contributed by atoms with Crippen LogP contribution in [0.1, 0.15) is 60.4 Å². The monoisotopic (exact) mass is 430 g/mol. The normalized spacial score (nSPS) is 17.8. The molecule has 1 heterocycles. The highest BCUT2D eigenvalue weighted by atomic mass is 16.5. The Morgan fingerprint density at radius 1 is 1.06 bits per heavy atom. The Morgan fingerprint density at radius 2 is 1.78 bits per heavy atom. The third-order valence-corrected chi connectivity index (χ3v) is 5.53. The Morgan fingerprint density at radius 3 is 2.41 bits per heavy atom. The summed E-state index contributed by atoms with van der Waals surface area (Å²) in [6.45, 7) is 6.57. The lowest BCUT2D eigenvalue weighted by molar-refractivity contribution is -0.122. The summed E-state index contributed by atoms with van der Waals surface area (Å²) < 4.78 is 10.2. The first-order chi connectivity index (χ1) is 15.3. The molecule has 0 aliphatic heterocycles. The standard InChI is InChI=1S/C26H26N2O4/c1-26(2,3)19-10-8-18(9-11-19)21-15-22(21)24(29)28-27-16-17-6-12-20(13-7-17)32-25(30)23-5-4-14-31-23/h4-14,16,21-22H,15H2,1-3H3,(H,28,29)/b27-16+/t21-,22-/m0/s1. The zero-order valence-corrected chi connectivity index (χ0v) is 18.4. The number of benzene rings is 2. The first-order valence-electron chi connectivity index (χ1n) is 10.6. The second-order valence-corrected chi connectivity index (χ2v) is 8.99. The predicted molar refractivity (Wildman–Crippen MR) is 122 cm³/mol. The van der Waals surface area contributed by atoms with Crippen LogP contribution in [-0.4, -0.2) is 18.1 Å². The molecule has 2 aromatic carbocycles. The van der Waals surface area contributed by atoms with Crippen LogP contribution in [0.25, 0.3) is 0 Å². The number of nitrogens with zero attached hydrogens (tertiary/aromatic N) is 1. The third kappa shape index (κ3) is 5.14. The lowest BCUT2D eigenvalue weighted by atomic mass is 9.86. The van der Waals surface area contributed by atoms with Crippen molar-refractivity contribution in [3.63, 3.8) is 0 Å². The van der Waals surface area contributed by atoms with E-state index >= 15 is 0 Å². The van der Waals surface area contributed by atoms with Crippen molar-refractivity contribution in [1.29, 1.82) is 0 Å². The minimum Gasteiger partial charge on any atom is -0.457 e. The molecule has 0 bridgehead atoms. The van der Waals surface area contributed by atoms with Crippen LogP contribution >= 0.6 is 0 Å². The molecule has 6 heteroatoms. The summed E-state index contributed by atoms with van der Waals surface area (Å²) in [7, 11) is 0. The molecule has 0 unspecified atom stereocenters. The molecule has 1 aliphatic rings. The minimum absolute atomic E-state index is 0.0453. The average molecular weight is 431 g/mol. The number of hydrogen-bond acceptors (Lipinski definition) is 5. The number of carbonyl (C=O) groups is 2. The van der Waals surface area contributed by atoms with E-state index in [0.29, 0.717) is 5.75 Å². The molecule has 1 N–H and O–H groups in total. The number of rotatable bonds is 6. The van der Waals surface area contributed by atoms with Crippen LogP contribution < -0.4 is 10.2 Å². The summed E-state index contributed by atoms with van der Waals surface area (Å²) in [6, 6.07) is 18.5. The predicted octanol–water partition coefficient (Wildman–Crippen LogP) is 5.05. The van der Waals surface area contributed by atoms with Gasteiger partial charge in [0.1, 0.15) is 5.75 Å². The maximum atomic E-state index is 12.4. The maximum absolute atomic E-state index is 12.4. The summed E-state index contributed by atoms with van der Waals surface area (Å²) >= 11 is 0. The fourth-order valence-electron chi connectivity index (χ4n) is 3.51. The van der Waals surface area contributed by atoms with Crippen LogP contribution in [0.3, 0.4) is 0 Å². The highest BCUT2D eigenvalue weighted by molar-refractivity contribution is 5.88. The number of hydrazone groups is 1. The van der Waals surface area contributed by atoms with Gasteiger partial charge in [-0.15, -0.1) is 0 Å². The number of amides is 1. The SMILES string of the molecule is CC(C)(C)c1ccc([C@@H]2C[C@@H]2C(=O)N/N=C/c2ccc(OC(=O)c3ccco3)cc2)cc1. The Labute approximate surface area is 187 Å². The molecule has 1 aromatic heterocycles. The molecule has 2 atom stereocenters. The quantitative estimate of drug-likeness (QED) is 0.257. The van der Waals surface area contributed by atoms with Crippen molar-refractivity contribution in [1.82, 2.24) is 5.43 Å². The van der Waals surface area contributed by atoms with Gasteiger partial charge in [0, 0.05) is 5.92 Å². The molecular formula is C26H26N2O4. The van der Waals surface area contributed by atoms with E-state index in [1.165, 1.54) is 23.5 Å². The Kier molecular flexibility index (Phi) is 5.95. The fraction of sp³-hybridized carbons (Fsp3) is 0.269. The summed E-state index contributed by atoms with van der Waals surface area (Å²) in [6.07, 6.45) is 3.81. The van der Waals surface area contributed by atoms with Gasteiger partial charge in [0.25, 0.3) is 0 Å². The molecule has 1 aliphatic carbocycles. The van der Waals surface area contributed by atoms with E-state index in [1.54, 1.807) is 36.5 Å². The second-order valence-electron chi connectivity index (χ2n) is 8.99. The number of nitrogens with one attached hydrogen (secondary N) is 1. The largest absolute Gasteiger partial charge is 0.457 e. The summed E-state index contributed by atoms with van der Waals surface area (Å²) in [5.41, 5.74) is 6.00. The van der Waals surface area contributed by atoms with E-state index < -0.39 is 5.97 Å². The summed E-state index contributed by atoms with van der Waals surface area (Å²) in [4.78, 5) is 24.3. The van der Waals surface area contributed by atoms with Crippen molar-refractivity contribution < 1.29 is 18.7 Å². The third-order valence-electron chi connectivity index (χ3n) is 5.53. The lowest BCUT2D eigenvalue weighted by Gasteiger charge is -2.19. The average Bonchev–Trinajstić information content (AvgIpc) is 3.38. The van der Waals surface area contributed by atoms with Gasteiger partial charge >= 0.3 is 5.97 Å². The van der Waals surface area contributed by atoms with Crippen LogP contribution in [-0.2, 0) is 10.2 Å². The Balaban J connectivity index is 1.26. The highest BCUT2D eigenvalue weighted by Crippen LogP contribution is 2.47. The molecule has 164 valence electrons. The molecule has 1 fully saturated rings. The van der Waals surface area contributed by atoms with Gasteiger partial charge < -0.3 is 9.15 Å². The van der Waals surface area contributed by atoms with Gasteiger partial charge in [0.15, 0.2) is 0 Å². The molecule has 0 saturated heterocycles. The van der Waals surface area contributed by atoms with Crippen molar-refractivity contribution in [2.24, 2.45) is 11.0 Å². The van der Waals surface area contributed by atoms with Crippen LogP contribution in [0, 0.1) is 5.92 Å². The van der Waals surface area contributed by atoms with Crippen LogP contribution in [0.2, 0.25) is 0 Å². The number of furan rings is 1. The van der Waals surface area contributed by atoms with Gasteiger partial charge in [-0.1, -0.05) is 45.0 Å². The van der Waals surface area contributed by atoms with E-state index in [9.17, 15) is 9.59 Å². The minimum atomic E-state index is -0.560. The van der Waals surface area contributed by atoms with Gasteiger partial charge in [-0.3, -0.25) is 4.79 Å². The van der Waals surface area contributed by atoms with E-state index in [0.717, 1.165) is 12.0 Å². The fourth-order valence-corrected chi connectivity index (χ4v) is 3.51.